The van der Waals surface area contributed by atoms with E-state index in [1.807, 2.05) is 6.92 Å². The Labute approximate surface area is 106 Å². The number of hydrogen-bond acceptors (Lipinski definition) is 4. The summed E-state index contributed by atoms with van der Waals surface area (Å²) in [6, 6.07) is 0.107. The van der Waals surface area contributed by atoms with Gasteiger partial charge in [-0.3, -0.25) is 4.90 Å². The molecule has 1 rings (SSSR count). The van der Waals surface area contributed by atoms with E-state index in [-0.39, 0.29) is 17.3 Å². The monoisotopic (exact) mass is 262 g/mol. The van der Waals surface area contributed by atoms with Crippen LogP contribution in [0.5, 0.6) is 0 Å². The van der Waals surface area contributed by atoms with Gasteiger partial charge < -0.3 is 5.32 Å². The van der Waals surface area contributed by atoms with E-state index in [0.29, 0.717) is 0 Å². The predicted molar refractivity (Wildman–Crippen MR) is 72.1 cm³/mol. The Balaban J connectivity index is 2.68. The van der Waals surface area contributed by atoms with Crippen molar-refractivity contribution in [2.45, 2.75) is 45.2 Å². The van der Waals surface area contributed by atoms with Gasteiger partial charge in [-0.1, -0.05) is 6.92 Å². The average molecular weight is 262 g/mol. The molecule has 1 aliphatic rings. The zero-order valence-electron chi connectivity index (χ0n) is 11.5. The average Bonchev–Trinajstić information content (AvgIpc) is 2.39. The second-order valence-electron chi connectivity index (χ2n) is 5.61. The lowest BCUT2D eigenvalue weighted by Gasteiger charge is -2.35. The molecule has 0 radical (unpaired) electrons. The quantitative estimate of drug-likeness (QED) is 0.817. The van der Waals surface area contributed by atoms with Gasteiger partial charge >= 0.3 is 0 Å². The van der Waals surface area contributed by atoms with Crippen LogP contribution >= 0.6 is 0 Å². The topological polar surface area (TPSA) is 49.4 Å². The molecule has 1 fully saturated rings. The molecule has 102 valence electrons. The van der Waals surface area contributed by atoms with Crippen LogP contribution in [0.4, 0.5) is 0 Å². The normalized spacial score (nSPS) is 29.9. The van der Waals surface area contributed by atoms with Crippen molar-refractivity contribution in [1.82, 2.24) is 10.2 Å². The Morgan fingerprint density at radius 1 is 1.47 bits per heavy atom. The zero-order chi connectivity index (χ0) is 13.1. The summed E-state index contributed by atoms with van der Waals surface area (Å²) in [5.74, 6) is 0.257. The summed E-state index contributed by atoms with van der Waals surface area (Å²) in [5, 5.41) is 3.56. The molecule has 0 aromatic carbocycles. The standard InChI is InChI=1S/C12H26N2O2S/c1-5-12(3)10-14(8-6-7-13-12)11(2)9-17(4,15)16/h11,13H,5-10H2,1-4H3. The molecule has 0 aromatic rings. The van der Waals surface area contributed by atoms with Gasteiger partial charge in [0.05, 0.1) is 5.75 Å². The van der Waals surface area contributed by atoms with E-state index in [2.05, 4.69) is 24.1 Å². The first-order chi connectivity index (χ1) is 7.76. The van der Waals surface area contributed by atoms with Crippen LogP contribution in [0.3, 0.4) is 0 Å². The smallest absolute Gasteiger partial charge is 0.148 e. The van der Waals surface area contributed by atoms with Crippen molar-refractivity contribution in [1.29, 1.82) is 0 Å². The third kappa shape index (κ3) is 4.94. The van der Waals surface area contributed by atoms with E-state index in [1.54, 1.807) is 0 Å². The first-order valence-corrected chi connectivity index (χ1v) is 8.48. The van der Waals surface area contributed by atoms with Gasteiger partial charge in [-0.15, -0.1) is 0 Å². The molecule has 4 nitrogen and oxygen atoms in total. The molecule has 1 heterocycles. The second-order valence-corrected chi connectivity index (χ2v) is 7.79. The minimum Gasteiger partial charge on any atom is -0.310 e. The van der Waals surface area contributed by atoms with Crippen molar-refractivity contribution in [3.05, 3.63) is 0 Å². The number of nitrogens with one attached hydrogen (secondary N) is 1. The van der Waals surface area contributed by atoms with Gasteiger partial charge in [0.15, 0.2) is 0 Å². The maximum Gasteiger partial charge on any atom is 0.148 e. The van der Waals surface area contributed by atoms with Gasteiger partial charge in [0.25, 0.3) is 0 Å². The van der Waals surface area contributed by atoms with Gasteiger partial charge in [-0.05, 0) is 39.8 Å². The van der Waals surface area contributed by atoms with E-state index < -0.39 is 9.84 Å². The summed E-state index contributed by atoms with van der Waals surface area (Å²) in [5.41, 5.74) is 0.113. The van der Waals surface area contributed by atoms with Crippen molar-refractivity contribution in [3.8, 4) is 0 Å². The SMILES string of the molecule is CCC1(C)CN(C(C)CS(C)(=O)=O)CCCN1. The fourth-order valence-electron chi connectivity index (χ4n) is 2.41. The van der Waals surface area contributed by atoms with Crippen molar-refractivity contribution in [3.63, 3.8) is 0 Å². The minimum absolute atomic E-state index is 0.107. The molecule has 0 saturated carbocycles. The third-order valence-corrected chi connectivity index (χ3v) is 4.76. The van der Waals surface area contributed by atoms with E-state index in [4.69, 9.17) is 0 Å². The van der Waals surface area contributed by atoms with Crippen LogP contribution in [-0.4, -0.2) is 56.5 Å². The van der Waals surface area contributed by atoms with E-state index in [0.717, 1.165) is 32.5 Å². The second kappa shape index (κ2) is 5.67. The highest BCUT2D eigenvalue weighted by atomic mass is 32.2. The van der Waals surface area contributed by atoms with Gasteiger partial charge in [-0.25, -0.2) is 8.42 Å². The summed E-state index contributed by atoms with van der Waals surface area (Å²) in [4.78, 5) is 2.31. The molecule has 0 aliphatic carbocycles. The van der Waals surface area contributed by atoms with Crippen LogP contribution in [0.15, 0.2) is 0 Å². The first kappa shape index (κ1) is 14.9. The Hall–Kier alpha value is -0.130. The number of sulfone groups is 1. The number of nitrogens with zero attached hydrogens (tertiary/aromatic N) is 1. The Kier molecular flexibility index (Phi) is 4.98. The van der Waals surface area contributed by atoms with Crippen LogP contribution in [-0.2, 0) is 9.84 Å². The highest BCUT2D eigenvalue weighted by Gasteiger charge is 2.30. The summed E-state index contributed by atoms with van der Waals surface area (Å²) >= 11 is 0. The Morgan fingerprint density at radius 3 is 2.65 bits per heavy atom. The van der Waals surface area contributed by atoms with Crippen molar-refractivity contribution < 1.29 is 8.42 Å². The van der Waals surface area contributed by atoms with E-state index in [1.165, 1.54) is 6.26 Å². The lowest BCUT2D eigenvalue weighted by atomic mass is 9.98. The molecule has 0 aromatic heterocycles. The van der Waals surface area contributed by atoms with Crippen LogP contribution < -0.4 is 5.32 Å². The lowest BCUT2D eigenvalue weighted by molar-refractivity contribution is 0.179. The van der Waals surface area contributed by atoms with Crippen LogP contribution in [0, 0.1) is 0 Å². The summed E-state index contributed by atoms with van der Waals surface area (Å²) in [7, 11) is -2.89. The van der Waals surface area contributed by atoms with Crippen molar-refractivity contribution in [2.24, 2.45) is 0 Å². The summed E-state index contributed by atoms with van der Waals surface area (Å²) < 4.78 is 22.7. The largest absolute Gasteiger partial charge is 0.310 e. The molecule has 2 unspecified atom stereocenters. The predicted octanol–water partition coefficient (Wildman–Crippen LogP) is 0.884. The summed E-state index contributed by atoms with van der Waals surface area (Å²) in [6.07, 6.45) is 3.47. The maximum atomic E-state index is 11.4. The molecular formula is C12H26N2O2S. The van der Waals surface area contributed by atoms with Gasteiger partial charge in [0.1, 0.15) is 9.84 Å². The maximum absolute atomic E-state index is 11.4. The molecule has 5 heteroatoms. The molecule has 1 saturated heterocycles. The number of rotatable bonds is 4. The van der Waals surface area contributed by atoms with Gasteiger partial charge in [0.2, 0.25) is 0 Å². The fraction of sp³-hybridized carbons (Fsp3) is 1.00. The van der Waals surface area contributed by atoms with Crippen LogP contribution in [0.1, 0.15) is 33.6 Å². The lowest BCUT2D eigenvalue weighted by Crippen LogP contribution is -2.51. The summed E-state index contributed by atoms with van der Waals surface area (Å²) in [6.45, 7) is 9.35. The highest BCUT2D eigenvalue weighted by molar-refractivity contribution is 7.90. The molecule has 0 amide bonds. The molecule has 0 spiro atoms. The molecule has 1 N–H and O–H groups in total. The minimum atomic E-state index is -2.89. The molecule has 17 heavy (non-hydrogen) atoms. The first-order valence-electron chi connectivity index (χ1n) is 6.42. The Morgan fingerprint density at radius 2 is 2.12 bits per heavy atom. The fourth-order valence-corrected chi connectivity index (χ4v) is 3.50. The van der Waals surface area contributed by atoms with Gasteiger partial charge in [0, 0.05) is 24.4 Å². The van der Waals surface area contributed by atoms with Gasteiger partial charge in [-0.2, -0.15) is 0 Å². The highest BCUT2D eigenvalue weighted by Crippen LogP contribution is 2.17. The van der Waals surface area contributed by atoms with E-state index >= 15 is 0 Å². The van der Waals surface area contributed by atoms with Crippen LogP contribution in [0.25, 0.3) is 0 Å². The third-order valence-electron chi connectivity index (χ3n) is 3.67. The molecular weight excluding hydrogens is 236 g/mol. The molecule has 2 atom stereocenters. The van der Waals surface area contributed by atoms with Crippen LogP contribution in [0.2, 0.25) is 0 Å². The molecule has 1 aliphatic heterocycles. The van der Waals surface area contributed by atoms with E-state index in [9.17, 15) is 8.42 Å². The van der Waals surface area contributed by atoms with Crippen molar-refractivity contribution in [2.75, 3.05) is 31.6 Å². The van der Waals surface area contributed by atoms with Crippen molar-refractivity contribution >= 4 is 9.84 Å². The molecule has 0 bridgehead atoms. The zero-order valence-corrected chi connectivity index (χ0v) is 12.3. The Bertz CT molecular complexity index is 342. The number of hydrogen-bond donors (Lipinski definition) is 1.